The van der Waals surface area contributed by atoms with Crippen LogP contribution in [0.4, 0.5) is 0 Å². The Balaban J connectivity index is 2.02. The largest absolute Gasteiger partial charge is 0.357 e. The van der Waals surface area contributed by atoms with Crippen LogP contribution in [0.25, 0.3) is 0 Å². The number of nitrogens with one attached hydrogen (secondary N) is 2. The van der Waals surface area contributed by atoms with Gasteiger partial charge in [-0.05, 0) is 13.0 Å². The molecule has 0 amide bonds. The zero-order valence-electron chi connectivity index (χ0n) is 15.3. The van der Waals surface area contributed by atoms with Gasteiger partial charge in [0.25, 0.3) is 0 Å². The van der Waals surface area contributed by atoms with Gasteiger partial charge in [-0.1, -0.05) is 44.0 Å². The lowest BCUT2D eigenvalue weighted by Gasteiger charge is -2.14. The fourth-order valence-corrected chi connectivity index (χ4v) is 3.51. The Morgan fingerprint density at radius 3 is 2.56 bits per heavy atom. The molecule has 2 rings (SSSR count). The summed E-state index contributed by atoms with van der Waals surface area (Å²) < 4.78 is 1.84. The van der Waals surface area contributed by atoms with Gasteiger partial charge in [0.05, 0.1) is 23.8 Å². The van der Waals surface area contributed by atoms with Crippen LogP contribution >= 0.6 is 34.5 Å². The van der Waals surface area contributed by atoms with Gasteiger partial charge in [0.1, 0.15) is 10.2 Å². The highest BCUT2D eigenvalue weighted by Gasteiger charge is 2.17. The summed E-state index contributed by atoms with van der Waals surface area (Å²) in [7, 11) is 1.88. The van der Waals surface area contributed by atoms with Crippen LogP contribution in [-0.2, 0) is 25.6 Å². The lowest BCUT2D eigenvalue weighted by atomic mass is 9.93. The van der Waals surface area contributed by atoms with E-state index < -0.39 is 0 Å². The van der Waals surface area contributed by atoms with Gasteiger partial charge in [-0.3, -0.25) is 0 Å². The molecule has 5 nitrogen and oxygen atoms in total. The molecule has 2 heterocycles. The third-order valence-corrected chi connectivity index (χ3v) is 5.38. The van der Waals surface area contributed by atoms with Crippen molar-refractivity contribution in [3.8, 4) is 0 Å². The zero-order chi connectivity index (χ0) is 18.6. The summed E-state index contributed by atoms with van der Waals surface area (Å²) >= 11 is 13.8. The molecule has 25 heavy (non-hydrogen) atoms. The van der Waals surface area contributed by atoms with Gasteiger partial charge in [-0.25, -0.2) is 9.98 Å². The molecule has 0 radical (unpaired) electrons. The Labute approximate surface area is 163 Å². The fraction of sp³-hybridized carbons (Fsp3) is 0.529. The smallest absolute Gasteiger partial charge is 0.191 e. The molecule has 0 aliphatic carbocycles. The molecule has 0 saturated heterocycles. The van der Waals surface area contributed by atoms with Crippen LogP contribution in [0.5, 0.6) is 0 Å². The number of rotatable bonds is 5. The highest BCUT2D eigenvalue weighted by molar-refractivity contribution is 7.09. The lowest BCUT2D eigenvalue weighted by Crippen LogP contribution is -2.36. The SMILES string of the molecule is CCNC(=NCc1cc(Cl)c(Cl)n1C)NCc1nc(C(C)(C)C)cs1. The monoisotopic (exact) mass is 401 g/mol. The first kappa shape index (κ1) is 20.1. The molecule has 2 aromatic rings. The number of aromatic nitrogens is 2. The molecule has 0 aliphatic rings. The Bertz CT molecular complexity index is 743. The van der Waals surface area contributed by atoms with Gasteiger partial charge in [-0.2, -0.15) is 0 Å². The molecule has 0 aliphatic heterocycles. The predicted octanol–water partition coefficient (Wildman–Crippen LogP) is 4.34. The maximum atomic E-state index is 6.10. The van der Waals surface area contributed by atoms with E-state index >= 15 is 0 Å². The molecule has 0 fully saturated rings. The highest BCUT2D eigenvalue weighted by atomic mass is 35.5. The second-order valence-electron chi connectivity index (χ2n) is 6.76. The molecule has 0 unspecified atom stereocenters. The van der Waals surface area contributed by atoms with Crippen molar-refractivity contribution in [2.45, 2.75) is 46.2 Å². The van der Waals surface area contributed by atoms with Crippen molar-refractivity contribution in [1.82, 2.24) is 20.2 Å². The van der Waals surface area contributed by atoms with Crippen LogP contribution in [-0.4, -0.2) is 22.1 Å². The average Bonchev–Trinajstić information content (AvgIpc) is 3.11. The topological polar surface area (TPSA) is 54.2 Å². The zero-order valence-corrected chi connectivity index (χ0v) is 17.6. The number of aliphatic imine (C=N–C) groups is 1. The highest BCUT2D eigenvalue weighted by Crippen LogP contribution is 2.25. The first-order chi connectivity index (χ1) is 11.7. The third kappa shape index (κ3) is 5.36. The Kier molecular flexibility index (Phi) is 6.77. The van der Waals surface area contributed by atoms with Crippen LogP contribution in [0, 0.1) is 0 Å². The van der Waals surface area contributed by atoms with Gasteiger partial charge in [0, 0.05) is 30.1 Å². The van der Waals surface area contributed by atoms with Crippen molar-refractivity contribution < 1.29 is 0 Å². The van der Waals surface area contributed by atoms with E-state index in [1.54, 1.807) is 11.3 Å². The van der Waals surface area contributed by atoms with E-state index in [9.17, 15) is 0 Å². The molecule has 8 heteroatoms. The Morgan fingerprint density at radius 2 is 2.04 bits per heavy atom. The first-order valence-corrected chi connectivity index (χ1v) is 9.82. The van der Waals surface area contributed by atoms with E-state index in [0.29, 0.717) is 23.3 Å². The summed E-state index contributed by atoms with van der Waals surface area (Å²) in [4.78, 5) is 9.30. The molecular weight excluding hydrogens is 377 g/mol. The molecule has 2 N–H and O–H groups in total. The van der Waals surface area contributed by atoms with E-state index in [2.05, 4.69) is 41.8 Å². The van der Waals surface area contributed by atoms with Crippen LogP contribution in [0.15, 0.2) is 16.4 Å². The lowest BCUT2D eigenvalue weighted by molar-refractivity contribution is 0.570. The van der Waals surface area contributed by atoms with E-state index in [4.69, 9.17) is 28.2 Å². The normalized spacial score (nSPS) is 12.5. The number of halogens is 2. The first-order valence-electron chi connectivity index (χ1n) is 8.19. The van der Waals surface area contributed by atoms with Crippen LogP contribution in [0.3, 0.4) is 0 Å². The second kappa shape index (κ2) is 8.43. The number of hydrogen-bond acceptors (Lipinski definition) is 3. The van der Waals surface area contributed by atoms with Crippen molar-refractivity contribution in [3.05, 3.63) is 38.0 Å². The molecule has 0 bridgehead atoms. The van der Waals surface area contributed by atoms with E-state index in [1.165, 1.54) is 0 Å². The Hall–Kier alpha value is -1.24. The third-order valence-electron chi connectivity index (χ3n) is 3.69. The van der Waals surface area contributed by atoms with Gasteiger partial charge in [0.2, 0.25) is 0 Å². The summed E-state index contributed by atoms with van der Waals surface area (Å²) in [5, 5.41) is 10.8. The van der Waals surface area contributed by atoms with E-state index in [1.807, 2.05) is 24.6 Å². The summed E-state index contributed by atoms with van der Waals surface area (Å²) in [5.74, 6) is 0.739. The van der Waals surface area contributed by atoms with Crippen LogP contribution in [0.1, 0.15) is 44.1 Å². The van der Waals surface area contributed by atoms with Crippen molar-refractivity contribution in [2.75, 3.05) is 6.54 Å². The number of hydrogen-bond donors (Lipinski definition) is 2. The molecule has 0 atom stereocenters. The minimum absolute atomic E-state index is 0.0679. The number of guanidine groups is 1. The maximum Gasteiger partial charge on any atom is 0.191 e. The second-order valence-corrected chi connectivity index (χ2v) is 8.47. The van der Waals surface area contributed by atoms with E-state index in [-0.39, 0.29) is 5.41 Å². The maximum absolute atomic E-state index is 6.10. The van der Waals surface area contributed by atoms with Gasteiger partial charge in [0.15, 0.2) is 5.96 Å². The molecule has 2 aromatic heterocycles. The van der Waals surface area contributed by atoms with Gasteiger partial charge < -0.3 is 15.2 Å². The molecule has 0 spiro atoms. The standard InChI is InChI=1S/C17H25Cl2N5S/c1-6-20-16(21-8-11-7-12(18)15(19)24(11)5)22-9-14-23-13(10-25-14)17(2,3)4/h7,10H,6,8-9H2,1-5H3,(H2,20,21,22). The van der Waals surface area contributed by atoms with Crippen LogP contribution in [0.2, 0.25) is 10.2 Å². The molecule has 0 aromatic carbocycles. The Morgan fingerprint density at radius 1 is 1.32 bits per heavy atom. The summed E-state index contributed by atoms with van der Waals surface area (Å²) in [6.07, 6.45) is 0. The molecule has 138 valence electrons. The van der Waals surface area contributed by atoms with Crippen LogP contribution < -0.4 is 10.6 Å². The van der Waals surface area contributed by atoms with Crippen molar-refractivity contribution in [3.63, 3.8) is 0 Å². The number of nitrogens with zero attached hydrogens (tertiary/aromatic N) is 3. The van der Waals surface area contributed by atoms with E-state index in [0.717, 1.165) is 28.9 Å². The minimum atomic E-state index is 0.0679. The van der Waals surface area contributed by atoms with Crippen molar-refractivity contribution >= 4 is 40.5 Å². The average molecular weight is 402 g/mol. The number of thiazole rings is 1. The van der Waals surface area contributed by atoms with Crippen molar-refractivity contribution in [1.29, 1.82) is 0 Å². The quantitative estimate of drug-likeness (QED) is 0.578. The van der Waals surface area contributed by atoms with Crippen molar-refractivity contribution in [2.24, 2.45) is 12.0 Å². The summed E-state index contributed by atoms with van der Waals surface area (Å²) in [5.41, 5.74) is 2.14. The fourth-order valence-electron chi connectivity index (χ4n) is 2.14. The predicted molar refractivity (Wildman–Crippen MR) is 108 cm³/mol. The summed E-state index contributed by atoms with van der Waals surface area (Å²) in [6.45, 7) is 10.5. The van der Waals surface area contributed by atoms with Gasteiger partial charge in [-0.15, -0.1) is 11.3 Å². The minimum Gasteiger partial charge on any atom is -0.357 e. The van der Waals surface area contributed by atoms with Gasteiger partial charge >= 0.3 is 0 Å². The summed E-state index contributed by atoms with van der Waals surface area (Å²) in [6, 6.07) is 1.84. The molecular formula is C17H25Cl2N5S. The molecule has 0 saturated carbocycles.